The number of fused-ring (bicyclic) bond motifs is 1. The minimum absolute atomic E-state index is 0.261. The van der Waals surface area contributed by atoms with E-state index >= 15 is 0 Å². The average molecular weight is 264 g/mol. The number of hydrogen-bond donors (Lipinski definition) is 0. The third kappa shape index (κ3) is 1.81. The van der Waals surface area contributed by atoms with Crippen molar-refractivity contribution in [2.75, 3.05) is 0 Å². The fourth-order valence-electron chi connectivity index (χ4n) is 1.66. The van der Waals surface area contributed by atoms with Crippen LogP contribution in [-0.4, -0.2) is 4.98 Å². The first-order chi connectivity index (χ1) is 8.25. The molecule has 3 rings (SSSR count). The Morgan fingerprint density at radius 1 is 1.06 bits per heavy atom. The van der Waals surface area contributed by atoms with Gasteiger partial charge in [0, 0.05) is 5.56 Å². The van der Waals surface area contributed by atoms with Crippen molar-refractivity contribution in [1.82, 2.24) is 4.98 Å². The van der Waals surface area contributed by atoms with Gasteiger partial charge in [0.1, 0.15) is 16.3 Å². The van der Waals surface area contributed by atoms with Crippen molar-refractivity contribution in [3.05, 3.63) is 53.3 Å². The summed E-state index contributed by atoms with van der Waals surface area (Å²) in [7, 11) is 0. The van der Waals surface area contributed by atoms with Crippen molar-refractivity contribution in [3.63, 3.8) is 0 Å². The summed E-state index contributed by atoms with van der Waals surface area (Å²) in [6.07, 6.45) is 0. The maximum atomic E-state index is 13.6. The highest BCUT2D eigenvalue weighted by molar-refractivity contribution is 7.21. The molecule has 0 amide bonds. The predicted octanol–water partition coefficient (Wildman–Crippen LogP) is 4.76. The third-order valence-corrected chi connectivity index (χ3v) is 3.83. The lowest BCUT2D eigenvalue weighted by atomic mass is 10.2. The average Bonchev–Trinajstić information content (AvgIpc) is 2.75. The van der Waals surface area contributed by atoms with Gasteiger partial charge in [-0.15, -0.1) is 11.3 Å². The van der Waals surface area contributed by atoms with E-state index in [-0.39, 0.29) is 5.82 Å². The van der Waals surface area contributed by atoms with Crippen molar-refractivity contribution in [1.29, 1.82) is 0 Å². The monoisotopic (exact) mass is 263 g/mol. The Bertz CT molecular complexity index is 693. The van der Waals surface area contributed by atoms with E-state index < -0.39 is 0 Å². The van der Waals surface area contributed by atoms with E-state index in [1.807, 2.05) is 12.1 Å². The van der Waals surface area contributed by atoms with Crippen LogP contribution in [0.3, 0.4) is 0 Å². The Balaban J connectivity index is 2.26. The molecule has 2 aromatic carbocycles. The van der Waals surface area contributed by atoms with Gasteiger partial charge in [-0.2, -0.15) is 0 Å². The molecule has 84 valence electrons. The van der Waals surface area contributed by atoms with E-state index in [0.29, 0.717) is 15.6 Å². The van der Waals surface area contributed by atoms with Crippen LogP contribution in [0.2, 0.25) is 5.02 Å². The molecule has 0 atom stereocenters. The second kappa shape index (κ2) is 4.09. The van der Waals surface area contributed by atoms with Gasteiger partial charge in [-0.3, -0.25) is 0 Å². The van der Waals surface area contributed by atoms with Gasteiger partial charge < -0.3 is 0 Å². The number of benzene rings is 2. The van der Waals surface area contributed by atoms with E-state index in [9.17, 15) is 4.39 Å². The molecule has 0 aliphatic rings. The molecule has 0 saturated carbocycles. The molecule has 0 spiro atoms. The molecule has 3 aromatic rings. The molecule has 0 radical (unpaired) electrons. The molecule has 1 nitrogen and oxygen atoms in total. The zero-order valence-electron chi connectivity index (χ0n) is 8.65. The smallest absolute Gasteiger partial charge is 0.133 e. The zero-order chi connectivity index (χ0) is 11.8. The summed E-state index contributed by atoms with van der Waals surface area (Å²) < 4.78 is 14.6. The van der Waals surface area contributed by atoms with Crippen LogP contribution < -0.4 is 0 Å². The number of rotatable bonds is 1. The van der Waals surface area contributed by atoms with Crippen molar-refractivity contribution < 1.29 is 4.39 Å². The van der Waals surface area contributed by atoms with E-state index in [2.05, 4.69) is 4.98 Å². The fourth-order valence-corrected chi connectivity index (χ4v) is 2.96. The van der Waals surface area contributed by atoms with Gasteiger partial charge in [-0.05, 0) is 24.3 Å². The first-order valence-corrected chi connectivity index (χ1v) is 6.25. The number of thiazole rings is 1. The van der Waals surface area contributed by atoms with E-state index in [4.69, 9.17) is 11.6 Å². The molecule has 0 saturated heterocycles. The maximum absolute atomic E-state index is 13.6. The van der Waals surface area contributed by atoms with Crippen LogP contribution in [0.25, 0.3) is 20.8 Å². The van der Waals surface area contributed by atoms with Crippen LogP contribution in [0.5, 0.6) is 0 Å². The molecule has 0 N–H and O–H groups in total. The van der Waals surface area contributed by atoms with Crippen LogP contribution in [0.15, 0.2) is 42.5 Å². The molecule has 0 aliphatic carbocycles. The summed E-state index contributed by atoms with van der Waals surface area (Å²) in [5, 5.41) is 1.26. The summed E-state index contributed by atoms with van der Waals surface area (Å²) in [5.74, 6) is -0.261. The second-order valence-corrected chi connectivity index (χ2v) is 5.02. The zero-order valence-corrected chi connectivity index (χ0v) is 10.2. The van der Waals surface area contributed by atoms with Crippen molar-refractivity contribution in [3.8, 4) is 10.6 Å². The minimum atomic E-state index is -0.261. The van der Waals surface area contributed by atoms with E-state index in [0.717, 1.165) is 10.2 Å². The van der Waals surface area contributed by atoms with Crippen LogP contribution >= 0.6 is 22.9 Å². The lowest BCUT2D eigenvalue weighted by Crippen LogP contribution is -1.81. The van der Waals surface area contributed by atoms with Crippen molar-refractivity contribution in [2.45, 2.75) is 0 Å². The summed E-state index contributed by atoms with van der Waals surface area (Å²) in [4.78, 5) is 4.39. The molecular weight excluding hydrogens is 257 g/mol. The lowest BCUT2D eigenvalue weighted by Gasteiger charge is -1.96. The minimum Gasteiger partial charge on any atom is -0.234 e. The highest BCUT2D eigenvalue weighted by Gasteiger charge is 2.11. The summed E-state index contributed by atoms with van der Waals surface area (Å²) in [6, 6.07) is 12.2. The highest BCUT2D eigenvalue weighted by Crippen LogP contribution is 2.34. The van der Waals surface area contributed by atoms with E-state index in [1.165, 1.54) is 17.4 Å². The van der Waals surface area contributed by atoms with Crippen LogP contribution in [0, 0.1) is 5.82 Å². The van der Waals surface area contributed by atoms with Crippen LogP contribution in [-0.2, 0) is 0 Å². The fraction of sp³-hybridized carbons (Fsp3) is 0. The molecule has 1 heterocycles. The topological polar surface area (TPSA) is 12.9 Å². The van der Waals surface area contributed by atoms with Gasteiger partial charge in [0.15, 0.2) is 0 Å². The number of para-hydroxylation sites is 1. The predicted molar refractivity (Wildman–Crippen MR) is 70.0 cm³/mol. The molecule has 0 aliphatic heterocycles. The van der Waals surface area contributed by atoms with Gasteiger partial charge in [-0.1, -0.05) is 29.8 Å². The quantitative estimate of drug-likeness (QED) is 0.617. The number of hydrogen-bond acceptors (Lipinski definition) is 2. The summed E-state index contributed by atoms with van der Waals surface area (Å²) in [6.45, 7) is 0. The molecule has 0 bridgehead atoms. The van der Waals surface area contributed by atoms with Crippen molar-refractivity contribution in [2.24, 2.45) is 0 Å². The molecule has 4 heteroatoms. The number of nitrogens with zero attached hydrogens (tertiary/aromatic N) is 1. The largest absolute Gasteiger partial charge is 0.234 e. The molecule has 0 fully saturated rings. The van der Waals surface area contributed by atoms with Gasteiger partial charge in [0.2, 0.25) is 0 Å². The van der Waals surface area contributed by atoms with Gasteiger partial charge >= 0.3 is 0 Å². The summed E-state index contributed by atoms with van der Waals surface area (Å²) >= 11 is 7.49. The Morgan fingerprint density at radius 2 is 1.88 bits per heavy atom. The SMILES string of the molecule is Fc1ccccc1-c1nc2c(Cl)cccc2s1. The van der Waals surface area contributed by atoms with Crippen LogP contribution in [0.4, 0.5) is 4.39 Å². The maximum Gasteiger partial charge on any atom is 0.133 e. The lowest BCUT2D eigenvalue weighted by molar-refractivity contribution is 0.631. The Labute approximate surface area is 106 Å². The first kappa shape index (κ1) is 10.7. The molecule has 1 aromatic heterocycles. The standard InChI is InChI=1S/C13H7ClFNS/c14-9-5-3-7-11-12(9)16-13(17-11)8-4-1-2-6-10(8)15/h1-7H. The molecular formula is C13H7ClFNS. The number of halogens is 2. The van der Waals surface area contributed by atoms with Crippen LogP contribution in [0.1, 0.15) is 0 Å². The van der Waals surface area contributed by atoms with Gasteiger partial charge in [0.05, 0.1) is 9.72 Å². The third-order valence-electron chi connectivity index (χ3n) is 2.47. The summed E-state index contributed by atoms with van der Waals surface area (Å²) in [5.41, 5.74) is 1.25. The van der Waals surface area contributed by atoms with E-state index in [1.54, 1.807) is 24.3 Å². The van der Waals surface area contributed by atoms with Gasteiger partial charge in [-0.25, -0.2) is 9.37 Å². The Morgan fingerprint density at radius 3 is 2.65 bits per heavy atom. The van der Waals surface area contributed by atoms with Crippen molar-refractivity contribution >= 4 is 33.2 Å². The number of aromatic nitrogens is 1. The molecule has 17 heavy (non-hydrogen) atoms. The Kier molecular flexibility index (Phi) is 2.57. The Hall–Kier alpha value is -1.45. The highest BCUT2D eigenvalue weighted by atomic mass is 35.5. The van der Waals surface area contributed by atoms with Gasteiger partial charge in [0.25, 0.3) is 0 Å². The molecule has 0 unspecified atom stereocenters. The second-order valence-electron chi connectivity index (χ2n) is 3.59. The normalized spacial score (nSPS) is 10.9. The first-order valence-electron chi connectivity index (χ1n) is 5.05.